The standard InChI is InChI=1S/C12H8N2O2/c15-7-11-3-1-9(5-13-11)10-2-4-12(8-16)14-6-10/h1-8H. The maximum Gasteiger partial charge on any atom is 0.168 e. The van der Waals surface area contributed by atoms with E-state index in [1.807, 2.05) is 0 Å². The van der Waals surface area contributed by atoms with Crippen LogP contribution in [0.3, 0.4) is 0 Å². The van der Waals surface area contributed by atoms with Crippen molar-refractivity contribution in [2.75, 3.05) is 0 Å². The molecular weight excluding hydrogens is 204 g/mol. The van der Waals surface area contributed by atoms with E-state index < -0.39 is 0 Å². The molecule has 16 heavy (non-hydrogen) atoms. The summed E-state index contributed by atoms with van der Waals surface area (Å²) in [5, 5.41) is 0. The zero-order valence-electron chi connectivity index (χ0n) is 8.33. The summed E-state index contributed by atoms with van der Waals surface area (Å²) in [5.41, 5.74) is 2.49. The largest absolute Gasteiger partial charge is 0.296 e. The molecule has 2 aromatic rings. The van der Waals surface area contributed by atoms with Crippen molar-refractivity contribution >= 4 is 12.6 Å². The van der Waals surface area contributed by atoms with Gasteiger partial charge in [-0.05, 0) is 12.1 Å². The Morgan fingerprint density at radius 1 is 0.750 bits per heavy atom. The highest BCUT2D eigenvalue weighted by atomic mass is 16.1. The molecule has 0 aromatic carbocycles. The minimum Gasteiger partial charge on any atom is -0.296 e. The van der Waals surface area contributed by atoms with Gasteiger partial charge in [-0.2, -0.15) is 0 Å². The molecule has 0 atom stereocenters. The summed E-state index contributed by atoms with van der Waals surface area (Å²) in [5.74, 6) is 0. The number of nitrogens with zero attached hydrogens (tertiary/aromatic N) is 2. The molecule has 78 valence electrons. The monoisotopic (exact) mass is 212 g/mol. The second-order valence-corrected chi connectivity index (χ2v) is 3.18. The number of aromatic nitrogens is 2. The molecule has 0 fully saturated rings. The van der Waals surface area contributed by atoms with Crippen molar-refractivity contribution in [3.05, 3.63) is 48.0 Å². The highest BCUT2D eigenvalue weighted by molar-refractivity contribution is 5.75. The minimum atomic E-state index is 0.390. The lowest BCUT2D eigenvalue weighted by Gasteiger charge is -2.00. The van der Waals surface area contributed by atoms with Gasteiger partial charge in [-0.15, -0.1) is 0 Å². The number of aldehydes is 2. The van der Waals surface area contributed by atoms with Gasteiger partial charge in [-0.3, -0.25) is 19.6 Å². The van der Waals surface area contributed by atoms with Crippen LogP contribution in [0.4, 0.5) is 0 Å². The highest BCUT2D eigenvalue weighted by Crippen LogP contribution is 2.16. The Labute approximate surface area is 92.0 Å². The average molecular weight is 212 g/mol. The van der Waals surface area contributed by atoms with Crippen LogP contribution in [0.1, 0.15) is 21.0 Å². The minimum absolute atomic E-state index is 0.390. The van der Waals surface area contributed by atoms with Crippen LogP contribution < -0.4 is 0 Å². The lowest BCUT2D eigenvalue weighted by Crippen LogP contribution is -1.89. The Morgan fingerprint density at radius 3 is 1.44 bits per heavy atom. The molecule has 0 saturated carbocycles. The fourth-order valence-corrected chi connectivity index (χ4v) is 1.29. The third-order valence-electron chi connectivity index (χ3n) is 2.15. The van der Waals surface area contributed by atoms with Crippen LogP contribution in [0.2, 0.25) is 0 Å². The Morgan fingerprint density at radius 2 is 1.19 bits per heavy atom. The van der Waals surface area contributed by atoms with E-state index in [4.69, 9.17) is 0 Å². The number of hydrogen-bond acceptors (Lipinski definition) is 4. The summed E-state index contributed by atoms with van der Waals surface area (Å²) in [6, 6.07) is 6.84. The molecule has 0 N–H and O–H groups in total. The van der Waals surface area contributed by atoms with Crippen LogP contribution in [-0.4, -0.2) is 22.5 Å². The first-order valence-electron chi connectivity index (χ1n) is 4.66. The Balaban J connectivity index is 2.34. The second kappa shape index (κ2) is 4.44. The maximum atomic E-state index is 10.4. The fourth-order valence-electron chi connectivity index (χ4n) is 1.29. The normalized spacial score (nSPS) is 9.75. The first kappa shape index (κ1) is 10.2. The van der Waals surface area contributed by atoms with Gasteiger partial charge >= 0.3 is 0 Å². The lowest BCUT2D eigenvalue weighted by molar-refractivity contribution is 0.111. The molecule has 4 heteroatoms. The van der Waals surface area contributed by atoms with Crippen molar-refractivity contribution in [1.29, 1.82) is 0 Å². The van der Waals surface area contributed by atoms with E-state index >= 15 is 0 Å². The Kier molecular flexibility index (Phi) is 2.82. The summed E-state index contributed by atoms with van der Waals surface area (Å²) in [4.78, 5) is 28.7. The summed E-state index contributed by atoms with van der Waals surface area (Å²) in [6.45, 7) is 0. The molecule has 0 aliphatic carbocycles. The summed E-state index contributed by atoms with van der Waals surface area (Å²) < 4.78 is 0. The van der Waals surface area contributed by atoms with E-state index in [9.17, 15) is 9.59 Å². The van der Waals surface area contributed by atoms with Gasteiger partial charge in [0.2, 0.25) is 0 Å². The quantitative estimate of drug-likeness (QED) is 0.727. The van der Waals surface area contributed by atoms with Crippen molar-refractivity contribution in [3.8, 4) is 11.1 Å². The third kappa shape index (κ3) is 2.00. The van der Waals surface area contributed by atoms with Crippen molar-refractivity contribution in [3.63, 3.8) is 0 Å². The van der Waals surface area contributed by atoms with Crippen LogP contribution in [-0.2, 0) is 0 Å². The number of carbonyl (C=O) groups excluding carboxylic acids is 2. The van der Waals surface area contributed by atoms with Crippen LogP contribution in [0.15, 0.2) is 36.7 Å². The lowest BCUT2D eigenvalue weighted by atomic mass is 10.1. The molecule has 2 heterocycles. The van der Waals surface area contributed by atoms with Crippen LogP contribution in [0.5, 0.6) is 0 Å². The molecule has 0 amide bonds. The van der Waals surface area contributed by atoms with Gasteiger partial charge in [0, 0.05) is 23.5 Å². The Bertz CT molecular complexity index is 454. The first-order chi connectivity index (χ1) is 7.83. The van der Waals surface area contributed by atoms with Gasteiger partial charge in [0.15, 0.2) is 12.6 Å². The van der Waals surface area contributed by atoms with E-state index in [2.05, 4.69) is 9.97 Å². The predicted octanol–water partition coefficient (Wildman–Crippen LogP) is 1.77. The van der Waals surface area contributed by atoms with E-state index in [-0.39, 0.29) is 0 Å². The molecule has 2 aromatic heterocycles. The molecule has 4 nitrogen and oxygen atoms in total. The zero-order valence-corrected chi connectivity index (χ0v) is 8.33. The topological polar surface area (TPSA) is 59.9 Å². The number of rotatable bonds is 3. The molecule has 0 aliphatic rings. The summed E-state index contributed by atoms with van der Waals surface area (Å²) in [6.07, 6.45) is 4.58. The van der Waals surface area contributed by atoms with Crippen LogP contribution >= 0.6 is 0 Å². The van der Waals surface area contributed by atoms with E-state index in [0.717, 1.165) is 11.1 Å². The number of carbonyl (C=O) groups is 2. The van der Waals surface area contributed by atoms with Gasteiger partial charge in [-0.25, -0.2) is 0 Å². The van der Waals surface area contributed by atoms with Crippen molar-refractivity contribution in [2.45, 2.75) is 0 Å². The predicted molar refractivity (Wildman–Crippen MR) is 58.2 cm³/mol. The van der Waals surface area contributed by atoms with Crippen molar-refractivity contribution in [2.24, 2.45) is 0 Å². The van der Waals surface area contributed by atoms with Gasteiger partial charge in [0.25, 0.3) is 0 Å². The number of pyridine rings is 2. The van der Waals surface area contributed by atoms with Gasteiger partial charge < -0.3 is 0 Å². The molecule has 0 unspecified atom stereocenters. The van der Waals surface area contributed by atoms with Crippen LogP contribution in [0.25, 0.3) is 11.1 Å². The van der Waals surface area contributed by atoms with Gasteiger partial charge in [-0.1, -0.05) is 12.1 Å². The summed E-state index contributed by atoms with van der Waals surface area (Å²) >= 11 is 0. The maximum absolute atomic E-state index is 10.4. The smallest absolute Gasteiger partial charge is 0.168 e. The summed E-state index contributed by atoms with van der Waals surface area (Å²) in [7, 11) is 0. The Hall–Kier alpha value is -2.36. The second-order valence-electron chi connectivity index (χ2n) is 3.18. The SMILES string of the molecule is O=Cc1ccc(-c2ccc(C=O)nc2)cn1. The average Bonchev–Trinajstić information content (AvgIpc) is 2.39. The third-order valence-corrected chi connectivity index (χ3v) is 2.15. The highest BCUT2D eigenvalue weighted by Gasteiger charge is 1.99. The first-order valence-corrected chi connectivity index (χ1v) is 4.66. The fraction of sp³-hybridized carbons (Fsp3) is 0. The molecule has 0 radical (unpaired) electrons. The van der Waals surface area contributed by atoms with E-state index in [1.165, 1.54) is 0 Å². The van der Waals surface area contributed by atoms with Crippen LogP contribution in [0, 0.1) is 0 Å². The number of hydrogen-bond donors (Lipinski definition) is 0. The van der Waals surface area contributed by atoms with Gasteiger partial charge in [0.05, 0.1) is 0 Å². The van der Waals surface area contributed by atoms with Crippen molar-refractivity contribution < 1.29 is 9.59 Å². The molecule has 0 saturated heterocycles. The molecule has 2 rings (SSSR count). The molecule has 0 bridgehead atoms. The van der Waals surface area contributed by atoms with E-state index in [1.54, 1.807) is 36.7 Å². The zero-order chi connectivity index (χ0) is 11.4. The van der Waals surface area contributed by atoms with E-state index in [0.29, 0.717) is 24.0 Å². The van der Waals surface area contributed by atoms with Crippen molar-refractivity contribution in [1.82, 2.24) is 9.97 Å². The molecule has 0 aliphatic heterocycles. The van der Waals surface area contributed by atoms with Gasteiger partial charge in [0.1, 0.15) is 11.4 Å². The molecule has 0 spiro atoms. The molecular formula is C12H8N2O2.